The molecule has 0 fully saturated rings. The second-order valence-corrected chi connectivity index (χ2v) is 5.08. The first-order chi connectivity index (χ1) is 10.9. The van der Waals surface area contributed by atoms with Gasteiger partial charge in [-0.05, 0) is 11.1 Å². The molecule has 0 spiro atoms. The van der Waals surface area contributed by atoms with Crippen LogP contribution < -0.4 is 10.6 Å². The minimum Gasteiger partial charge on any atom is -0.394 e. The van der Waals surface area contributed by atoms with Crippen molar-refractivity contribution < 1.29 is 9.84 Å². The van der Waals surface area contributed by atoms with Crippen LogP contribution in [-0.2, 0) is 17.8 Å². The highest BCUT2D eigenvalue weighted by Gasteiger charge is 2.07. The van der Waals surface area contributed by atoms with Gasteiger partial charge in [-0.3, -0.25) is 10.6 Å². The van der Waals surface area contributed by atoms with Gasteiger partial charge in [0.2, 0.25) is 0 Å². The molecular formula is C18H24N2O2. The molecule has 3 N–H and O–H groups in total. The Labute approximate surface area is 132 Å². The zero-order valence-electron chi connectivity index (χ0n) is 12.7. The molecule has 0 aliphatic rings. The molecular weight excluding hydrogens is 276 g/mol. The maximum absolute atomic E-state index is 8.83. The lowest BCUT2D eigenvalue weighted by Gasteiger charge is -2.20. The van der Waals surface area contributed by atoms with E-state index in [1.54, 1.807) is 0 Å². The fraction of sp³-hybridized carbons (Fsp3) is 0.333. The van der Waals surface area contributed by atoms with Crippen molar-refractivity contribution in [1.29, 1.82) is 0 Å². The average molecular weight is 300 g/mol. The molecule has 0 radical (unpaired) electrons. The Hall–Kier alpha value is -1.72. The first kappa shape index (κ1) is 16.6. The molecule has 0 saturated heterocycles. The minimum atomic E-state index is 0.0342. The van der Waals surface area contributed by atoms with Crippen molar-refractivity contribution in [2.45, 2.75) is 19.3 Å². The minimum absolute atomic E-state index is 0.0342. The molecule has 0 bridgehead atoms. The fourth-order valence-electron chi connectivity index (χ4n) is 2.13. The summed E-state index contributed by atoms with van der Waals surface area (Å²) in [5.41, 5.74) is 2.47. The lowest BCUT2D eigenvalue weighted by molar-refractivity contribution is 0.0692. The topological polar surface area (TPSA) is 53.5 Å². The summed E-state index contributed by atoms with van der Waals surface area (Å²) < 4.78 is 5.45. The summed E-state index contributed by atoms with van der Waals surface area (Å²) in [6.07, 6.45) is 0.0342. The lowest BCUT2D eigenvalue weighted by atomic mass is 10.2. The van der Waals surface area contributed by atoms with Gasteiger partial charge in [0.1, 0.15) is 0 Å². The van der Waals surface area contributed by atoms with Crippen molar-refractivity contribution in [3.63, 3.8) is 0 Å². The van der Waals surface area contributed by atoms with E-state index >= 15 is 0 Å². The van der Waals surface area contributed by atoms with Crippen LogP contribution >= 0.6 is 0 Å². The third-order valence-electron chi connectivity index (χ3n) is 3.31. The highest BCUT2D eigenvalue weighted by molar-refractivity contribution is 5.15. The van der Waals surface area contributed by atoms with Crippen LogP contribution in [0.15, 0.2) is 60.7 Å². The molecule has 0 heterocycles. The van der Waals surface area contributed by atoms with Gasteiger partial charge in [-0.25, -0.2) is 0 Å². The number of hydrogen-bond acceptors (Lipinski definition) is 4. The number of nitrogens with one attached hydrogen (secondary N) is 2. The van der Waals surface area contributed by atoms with Crippen molar-refractivity contribution in [3.05, 3.63) is 71.8 Å². The summed E-state index contributed by atoms with van der Waals surface area (Å²) in [7, 11) is 0. The molecule has 118 valence electrons. The van der Waals surface area contributed by atoms with E-state index in [4.69, 9.17) is 9.84 Å². The van der Waals surface area contributed by atoms with Gasteiger partial charge in [-0.2, -0.15) is 0 Å². The van der Waals surface area contributed by atoms with Crippen LogP contribution in [0.1, 0.15) is 11.1 Å². The molecule has 0 saturated carbocycles. The van der Waals surface area contributed by atoms with E-state index in [0.29, 0.717) is 13.2 Å². The fourth-order valence-corrected chi connectivity index (χ4v) is 2.13. The predicted molar refractivity (Wildman–Crippen MR) is 88.3 cm³/mol. The Kier molecular flexibility index (Phi) is 7.63. The maximum atomic E-state index is 8.83. The summed E-state index contributed by atoms with van der Waals surface area (Å²) in [6, 6.07) is 20.5. The van der Waals surface area contributed by atoms with Gasteiger partial charge in [-0.15, -0.1) is 0 Å². The SMILES string of the molecule is OCCOCC(NCc1ccccc1)NCc1ccccc1. The number of benzene rings is 2. The van der Waals surface area contributed by atoms with Crippen LogP contribution in [0.25, 0.3) is 0 Å². The van der Waals surface area contributed by atoms with E-state index in [2.05, 4.69) is 34.9 Å². The summed E-state index contributed by atoms with van der Waals surface area (Å²) in [5.74, 6) is 0. The van der Waals surface area contributed by atoms with E-state index in [-0.39, 0.29) is 12.8 Å². The van der Waals surface area contributed by atoms with Crippen molar-refractivity contribution in [3.8, 4) is 0 Å². The Bertz CT molecular complexity index is 462. The van der Waals surface area contributed by atoms with E-state index in [1.165, 1.54) is 11.1 Å². The average Bonchev–Trinajstić information content (AvgIpc) is 2.59. The molecule has 0 atom stereocenters. The third kappa shape index (κ3) is 6.37. The number of rotatable bonds is 10. The van der Waals surface area contributed by atoms with Crippen LogP contribution in [0.5, 0.6) is 0 Å². The highest BCUT2D eigenvalue weighted by atomic mass is 16.5. The first-order valence-corrected chi connectivity index (χ1v) is 7.61. The molecule has 2 aromatic carbocycles. The van der Waals surface area contributed by atoms with Crippen molar-refractivity contribution in [2.75, 3.05) is 19.8 Å². The van der Waals surface area contributed by atoms with E-state index in [0.717, 1.165) is 13.1 Å². The highest BCUT2D eigenvalue weighted by Crippen LogP contribution is 2.00. The first-order valence-electron chi connectivity index (χ1n) is 7.61. The Morgan fingerprint density at radius 2 is 1.32 bits per heavy atom. The van der Waals surface area contributed by atoms with Gasteiger partial charge >= 0.3 is 0 Å². The summed E-state index contributed by atoms with van der Waals surface area (Å²) in [5, 5.41) is 15.7. The van der Waals surface area contributed by atoms with Crippen molar-refractivity contribution in [2.24, 2.45) is 0 Å². The summed E-state index contributed by atoms with van der Waals surface area (Å²) in [6.45, 7) is 2.46. The molecule has 4 nitrogen and oxygen atoms in total. The standard InChI is InChI=1S/C18H24N2O2/c21-11-12-22-15-18(19-13-16-7-3-1-4-8-16)20-14-17-9-5-2-6-10-17/h1-10,18-21H,11-15H2. The molecule has 2 rings (SSSR count). The lowest BCUT2D eigenvalue weighted by Crippen LogP contribution is -2.45. The molecule has 4 heteroatoms. The van der Waals surface area contributed by atoms with Crippen molar-refractivity contribution in [1.82, 2.24) is 10.6 Å². The monoisotopic (exact) mass is 300 g/mol. The number of hydrogen-bond donors (Lipinski definition) is 3. The third-order valence-corrected chi connectivity index (χ3v) is 3.31. The van der Waals surface area contributed by atoms with Gasteiger partial charge in [0.05, 0.1) is 26.0 Å². The van der Waals surface area contributed by atoms with Gasteiger partial charge in [0.25, 0.3) is 0 Å². The van der Waals surface area contributed by atoms with Gasteiger partial charge in [-0.1, -0.05) is 60.7 Å². The van der Waals surface area contributed by atoms with Gasteiger partial charge in [0.15, 0.2) is 0 Å². The van der Waals surface area contributed by atoms with E-state index in [1.807, 2.05) is 36.4 Å². The zero-order valence-corrected chi connectivity index (χ0v) is 12.7. The molecule has 0 aliphatic heterocycles. The Balaban J connectivity index is 1.82. The van der Waals surface area contributed by atoms with Crippen LogP contribution in [0, 0.1) is 0 Å². The van der Waals surface area contributed by atoms with Crippen molar-refractivity contribution >= 4 is 0 Å². The second-order valence-electron chi connectivity index (χ2n) is 5.08. The van der Waals surface area contributed by atoms with Crippen LogP contribution in [0.2, 0.25) is 0 Å². The molecule has 0 unspecified atom stereocenters. The summed E-state index contributed by atoms with van der Waals surface area (Å²) in [4.78, 5) is 0. The molecule has 22 heavy (non-hydrogen) atoms. The van der Waals surface area contributed by atoms with Crippen LogP contribution in [0.4, 0.5) is 0 Å². The van der Waals surface area contributed by atoms with E-state index < -0.39 is 0 Å². The quantitative estimate of drug-likeness (QED) is 0.463. The predicted octanol–water partition coefficient (Wildman–Crippen LogP) is 1.90. The molecule has 0 aliphatic carbocycles. The zero-order chi connectivity index (χ0) is 15.5. The molecule has 0 amide bonds. The normalized spacial score (nSPS) is 11.0. The van der Waals surface area contributed by atoms with Gasteiger partial charge in [0, 0.05) is 13.1 Å². The van der Waals surface area contributed by atoms with Gasteiger partial charge < -0.3 is 9.84 Å². The number of aliphatic hydroxyl groups excluding tert-OH is 1. The molecule has 2 aromatic rings. The van der Waals surface area contributed by atoms with E-state index in [9.17, 15) is 0 Å². The number of aliphatic hydroxyl groups is 1. The maximum Gasteiger partial charge on any atom is 0.0818 e. The Morgan fingerprint density at radius 1 is 0.818 bits per heavy atom. The van der Waals surface area contributed by atoms with Crippen LogP contribution in [0.3, 0.4) is 0 Å². The number of ether oxygens (including phenoxy) is 1. The Morgan fingerprint density at radius 3 is 1.77 bits per heavy atom. The van der Waals surface area contributed by atoms with Crippen LogP contribution in [-0.4, -0.2) is 31.1 Å². The second kappa shape index (κ2) is 10.1. The smallest absolute Gasteiger partial charge is 0.0818 e. The largest absolute Gasteiger partial charge is 0.394 e. The molecule has 0 aromatic heterocycles. The summed E-state index contributed by atoms with van der Waals surface area (Å²) >= 11 is 0.